The molecule has 0 aliphatic heterocycles. The van der Waals surface area contributed by atoms with Crippen molar-refractivity contribution in [2.24, 2.45) is 0 Å². The molecule has 0 saturated heterocycles. The maximum absolute atomic E-state index is 13.8. The monoisotopic (exact) mass is 426 g/mol. The molecule has 0 saturated carbocycles. The van der Waals surface area contributed by atoms with E-state index in [0.29, 0.717) is 12.1 Å². The zero-order chi connectivity index (χ0) is 22.2. The topological polar surface area (TPSA) is 17.1 Å². The standard InChI is InChI=1S/C21H6F8O/c22-12-7-10(8-13(23)15(12)24)5-4-9-2-1-3-11(6-9)21(30)14-16(25)18(27)20(29)19(28)17(14)26/h1-3,6-8H. The molecule has 9 heteroatoms. The second kappa shape index (κ2) is 7.99. The number of halogens is 8. The largest absolute Gasteiger partial charge is 0.288 e. The van der Waals surface area contributed by atoms with Gasteiger partial charge in [-0.15, -0.1) is 0 Å². The Kier molecular flexibility index (Phi) is 5.60. The Hall–Kier alpha value is -3.67. The van der Waals surface area contributed by atoms with Crippen LogP contribution in [0.1, 0.15) is 27.0 Å². The van der Waals surface area contributed by atoms with E-state index in [1.807, 2.05) is 0 Å². The first-order valence-electron chi connectivity index (χ1n) is 7.94. The highest BCUT2D eigenvalue weighted by Crippen LogP contribution is 2.25. The van der Waals surface area contributed by atoms with Crippen molar-refractivity contribution in [3.05, 3.63) is 105 Å². The van der Waals surface area contributed by atoms with Crippen LogP contribution in [0.25, 0.3) is 0 Å². The molecule has 0 aliphatic rings. The fourth-order valence-corrected chi connectivity index (χ4v) is 2.46. The quantitative estimate of drug-likeness (QED) is 0.176. The highest BCUT2D eigenvalue weighted by atomic mass is 19.2. The van der Waals surface area contributed by atoms with Crippen molar-refractivity contribution in [1.29, 1.82) is 0 Å². The number of hydrogen-bond acceptors (Lipinski definition) is 1. The number of hydrogen-bond donors (Lipinski definition) is 0. The smallest absolute Gasteiger partial charge is 0.200 e. The van der Waals surface area contributed by atoms with Crippen LogP contribution in [-0.4, -0.2) is 5.78 Å². The third kappa shape index (κ3) is 3.76. The highest BCUT2D eigenvalue weighted by Gasteiger charge is 2.30. The van der Waals surface area contributed by atoms with Crippen LogP contribution in [0.4, 0.5) is 35.1 Å². The van der Waals surface area contributed by atoms with E-state index in [0.717, 1.165) is 12.1 Å². The Balaban J connectivity index is 2.01. The molecule has 30 heavy (non-hydrogen) atoms. The molecule has 0 amide bonds. The molecule has 3 aromatic carbocycles. The van der Waals surface area contributed by atoms with Crippen LogP contribution in [0.3, 0.4) is 0 Å². The van der Waals surface area contributed by atoms with E-state index in [4.69, 9.17) is 0 Å². The van der Waals surface area contributed by atoms with Crippen LogP contribution in [0.15, 0.2) is 36.4 Å². The number of rotatable bonds is 2. The van der Waals surface area contributed by atoms with E-state index in [9.17, 15) is 39.9 Å². The van der Waals surface area contributed by atoms with Gasteiger partial charge in [0, 0.05) is 16.7 Å². The SMILES string of the molecule is O=C(c1cccc(C#Cc2cc(F)c(F)c(F)c2)c1)c1c(F)c(F)c(F)c(F)c1F. The molecule has 0 aromatic heterocycles. The third-order valence-corrected chi connectivity index (χ3v) is 3.90. The molecule has 0 heterocycles. The predicted octanol–water partition coefficient (Wildman–Crippen LogP) is 5.43. The lowest BCUT2D eigenvalue weighted by molar-refractivity contribution is 0.102. The van der Waals surface area contributed by atoms with Crippen LogP contribution in [0.5, 0.6) is 0 Å². The van der Waals surface area contributed by atoms with Crippen LogP contribution in [-0.2, 0) is 0 Å². The molecule has 0 N–H and O–H groups in total. The Morgan fingerprint density at radius 2 is 1.10 bits per heavy atom. The van der Waals surface area contributed by atoms with E-state index in [1.165, 1.54) is 12.1 Å². The average molecular weight is 426 g/mol. The number of benzene rings is 3. The summed E-state index contributed by atoms with van der Waals surface area (Å²) in [4.78, 5) is 12.3. The summed E-state index contributed by atoms with van der Waals surface area (Å²) in [6.07, 6.45) is 0. The van der Waals surface area contributed by atoms with Crippen molar-refractivity contribution in [2.75, 3.05) is 0 Å². The summed E-state index contributed by atoms with van der Waals surface area (Å²) in [6, 6.07) is 5.77. The fourth-order valence-electron chi connectivity index (χ4n) is 2.46. The molecule has 152 valence electrons. The first kappa shape index (κ1) is 21.0. The van der Waals surface area contributed by atoms with Gasteiger partial charge in [0.1, 0.15) is 5.56 Å². The number of carbonyl (C=O) groups excluding carboxylic acids is 1. The van der Waals surface area contributed by atoms with Gasteiger partial charge in [0.2, 0.25) is 5.82 Å². The second-order valence-electron chi connectivity index (χ2n) is 5.86. The minimum absolute atomic E-state index is 0.00913. The Bertz CT molecular complexity index is 1200. The second-order valence-corrected chi connectivity index (χ2v) is 5.86. The molecule has 3 rings (SSSR count). The zero-order valence-corrected chi connectivity index (χ0v) is 14.4. The summed E-state index contributed by atoms with van der Waals surface area (Å²) in [7, 11) is 0. The van der Waals surface area contributed by atoms with Crippen LogP contribution >= 0.6 is 0 Å². The van der Waals surface area contributed by atoms with Crippen molar-refractivity contribution < 1.29 is 39.9 Å². The molecule has 0 unspecified atom stereocenters. The van der Waals surface area contributed by atoms with Gasteiger partial charge in [-0.3, -0.25) is 4.79 Å². The molecule has 0 bridgehead atoms. The van der Waals surface area contributed by atoms with Gasteiger partial charge in [0.05, 0.1) is 0 Å². The number of ketones is 1. The van der Waals surface area contributed by atoms with Gasteiger partial charge in [-0.05, 0) is 24.3 Å². The zero-order valence-electron chi connectivity index (χ0n) is 14.4. The van der Waals surface area contributed by atoms with E-state index in [-0.39, 0.29) is 11.1 Å². The fraction of sp³-hybridized carbons (Fsp3) is 0. The lowest BCUT2D eigenvalue weighted by Crippen LogP contribution is -2.13. The lowest BCUT2D eigenvalue weighted by Gasteiger charge is -2.07. The minimum atomic E-state index is -2.40. The maximum atomic E-state index is 13.8. The molecule has 0 spiro atoms. The Morgan fingerprint density at radius 3 is 1.67 bits per heavy atom. The van der Waals surface area contributed by atoms with E-state index in [2.05, 4.69) is 11.8 Å². The predicted molar refractivity (Wildman–Crippen MR) is 88.4 cm³/mol. The molecule has 0 fully saturated rings. The summed E-state index contributed by atoms with van der Waals surface area (Å²) >= 11 is 0. The Morgan fingerprint density at radius 1 is 0.600 bits per heavy atom. The van der Waals surface area contributed by atoms with Crippen LogP contribution in [0, 0.1) is 58.4 Å². The maximum Gasteiger partial charge on any atom is 0.200 e. The van der Waals surface area contributed by atoms with Gasteiger partial charge in [-0.25, -0.2) is 35.1 Å². The van der Waals surface area contributed by atoms with Gasteiger partial charge >= 0.3 is 0 Å². The summed E-state index contributed by atoms with van der Waals surface area (Å²) in [5.41, 5.74) is -2.33. The summed E-state index contributed by atoms with van der Waals surface area (Å²) < 4.78 is 107. The average Bonchev–Trinajstić information content (AvgIpc) is 2.73. The molecular formula is C21H6F8O. The van der Waals surface area contributed by atoms with E-state index < -0.39 is 63.4 Å². The van der Waals surface area contributed by atoms with Crippen molar-refractivity contribution in [2.45, 2.75) is 0 Å². The normalized spacial score (nSPS) is 10.5. The molecule has 0 atom stereocenters. The molecule has 0 radical (unpaired) electrons. The number of carbonyl (C=O) groups is 1. The van der Waals surface area contributed by atoms with E-state index >= 15 is 0 Å². The van der Waals surface area contributed by atoms with Gasteiger partial charge < -0.3 is 0 Å². The molecular weight excluding hydrogens is 420 g/mol. The first-order chi connectivity index (χ1) is 14.1. The summed E-state index contributed by atoms with van der Waals surface area (Å²) in [5, 5.41) is 0. The third-order valence-electron chi connectivity index (χ3n) is 3.90. The first-order valence-corrected chi connectivity index (χ1v) is 7.94. The van der Waals surface area contributed by atoms with Crippen molar-refractivity contribution in [1.82, 2.24) is 0 Å². The van der Waals surface area contributed by atoms with Crippen LogP contribution in [0.2, 0.25) is 0 Å². The van der Waals surface area contributed by atoms with Gasteiger partial charge in [-0.2, -0.15) is 0 Å². The van der Waals surface area contributed by atoms with Gasteiger partial charge in [0.15, 0.2) is 46.5 Å². The van der Waals surface area contributed by atoms with Crippen molar-refractivity contribution in [3.63, 3.8) is 0 Å². The molecule has 3 aromatic rings. The van der Waals surface area contributed by atoms with Gasteiger partial charge in [-0.1, -0.05) is 24.0 Å². The van der Waals surface area contributed by atoms with Crippen LogP contribution < -0.4 is 0 Å². The minimum Gasteiger partial charge on any atom is -0.288 e. The summed E-state index contributed by atoms with van der Waals surface area (Å²) in [5.74, 6) is -13.0. The lowest BCUT2D eigenvalue weighted by atomic mass is 9.99. The Labute approximate surface area is 163 Å². The van der Waals surface area contributed by atoms with Crippen molar-refractivity contribution >= 4 is 5.78 Å². The highest BCUT2D eigenvalue weighted by molar-refractivity contribution is 6.09. The van der Waals surface area contributed by atoms with Gasteiger partial charge in [0.25, 0.3) is 0 Å². The van der Waals surface area contributed by atoms with E-state index in [1.54, 1.807) is 0 Å². The van der Waals surface area contributed by atoms with Crippen molar-refractivity contribution in [3.8, 4) is 11.8 Å². The molecule has 0 aliphatic carbocycles. The summed E-state index contributed by atoms with van der Waals surface area (Å²) in [6.45, 7) is 0. The molecule has 1 nitrogen and oxygen atoms in total.